The minimum absolute atomic E-state index is 0.227. The Kier molecular flexibility index (Phi) is 4.42. The lowest BCUT2D eigenvalue weighted by Gasteiger charge is -2.06. The Morgan fingerprint density at radius 3 is 2.61 bits per heavy atom. The second-order valence-corrected chi connectivity index (χ2v) is 4.76. The highest BCUT2D eigenvalue weighted by Gasteiger charge is 2.06. The van der Waals surface area contributed by atoms with Crippen LogP contribution in [0.25, 0.3) is 11.1 Å². The summed E-state index contributed by atoms with van der Waals surface area (Å²) < 4.78 is 16.3. The third-order valence-electron chi connectivity index (χ3n) is 3.06. The van der Waals surface area contributed by atoms with E-state index in [2.05, 4.69) is 10.3 Å². The SMILES string of the molecule is CCNC(=O)Oc1ccc(OCc2nc3ccccc3o2)cc1. The van der Waals surface area contributed by atoms with Gasteiger partial charge in [0.2, 0.25) is 5.89 Å². The molecule has 0 atom stereocenters. The average molecular weight is 312 g/mol. The number of oxazole rings is 1. The summed E-state index contributed by atoms with van der Waals surface area (Å²) in [5.74, 6) is 1.59. The van der Waals surface area contributed by atoms with Crippen molar-refractivity contribution in [3.05, 3.63) is 54.4 Å². The van der Waals surface area contributed by atoms with Crippen LogP contribution >= 0.6 is 0 Å². The highest BCUT2D eigenvalue weighted by molar-refractivity contribution is 5.72. The number of aromatic nitrogens is 1. The van der Waals surface area contributed by atoms with E-state index >= 15 is 0 Å². The molecule has 0 bridgehead atoms. The highest BCUT2D eigenvalue weighted by atomic mass is 16.6. The van der Waals surface area contributed by atoms with Crippen molar-refractivity contribution < 1.29 is 18.7 Å². The highest BCUT2D eigenvalue weighted by Crippen LogP contribution is 2.20. The van der Waals surface area contributed by atoms with Gasteiger partial charge >= 0.3 is 6.09 Å². The topological polar surface area (TPSA) is 73.6 Å². The molecule has 6 heteroatoms. The standard InChI is InChI=1S/C17H16N2O4/c1-2-18-17(20)22-13-9-7-12(8-10-13)21-11-16-19-14-5-3-4-6-15(14)23-16/h3-10H,2,11H2,1H3,(H,18,20). The first-order valence-electron chi connectivity index (χ1n) is 7.27. The van der Waals surface area contributed by atoms with Crippen LogP contribution in [0.5, 0.6) is 11.5 Å². The van der Waals surface area contributed by atoms with E-state index in [0.717, 1.165) is 11.1 Å². The number of nitrogens with one attached hydrogen (secondary N) is 1. The van der Waals surface area contributed by atoms with Crippen molar-refractivity contribution in [1.29, 1.82) is 0 Å². The zero-order valence-corrected chi connectivity index (χ0v) is 12.6. The Morgan fingerprint density at radius 1 is 1.13 bits per heavy atom. The fourth-order valence-corrected chi connectivity index (χ4v) is 2.02. The second-order valence-electron chi connectivity index (χ2n) is 4.76. The monoisotopic (exact) mass is 312 g/mol. The zero-order valence-electron chi connectivity index (χ0n) is 12.6. The van der Waals surface area contributed by atoms with Crippen LogP contribution in [-0.2, 0) is 6.61 Å². The first kappa shape index (κ1) is 14.9. The van der Waals surface area contributed by atoms with Gasteiger partial charge in [0.1, 0.15) is 17.0 Å². The first-order chi connectivity index (χ1) is 11.2. The minimum atomic E-state index is -0.479. The molecule has 0 aliphatic rings. The number of rotatable bonds is 5. The molecular formula is C17H16N2O4. The van der Waals surface area contributed by atoms with Crippen LogP contribution < -0.4 is 14.8 Å². The molecule has 0 aliphatic heterocycles. The van der Waals surface area contributed by atoms with Crippen LogP contribution in [0, 0.1) is 0 Å². The van der Waals surface area contributed by atoms with Gasteiger partial charge in [-0.15, -0.1) is 0 Å². The van der Waals surface area contributed by atoms with Crippen molar-refractivity contribution in [3.8, 4) is 11.5 Å². The van der Waals surface area contributed by atoms with Crippen molar-refractivity contribution >= 4 is 17.2 Å². The maximum absolute atomic E-state index is 11.3. The summed E-state index contributed by atoms with van der Waals surface area (Å²) in [5, 5.41) is 2.55. The lowest BCUT2D eigenvalue weighted by atomic mass is 10.3. The molecule has 0 saturated carbocycles. The maximum Gasteiger partial charge on any atom is 0.412 e. The van der Waals surface area contributed by atoms with Gasteiger partial charge in [-0.05, 0) is 43.3 Å². The van der Waals surface area contributed by atoms with Crippen LogP contribution in [0.2, 0.25) is 0 Å². The Labute approximate surface area is 133 Å². The van der Waals surface area contributed by atoms with Gasteiger partial charge < -0.3 is 19.2 Å². The quantitative estimate of drug-likeness (QED) is 0.780. The van der Waals surface area contributed by atoms with E-state index < -0.39 is 6.09 Å². The third kappa shape index (κ3) is 3.79. The molecule has 2 aromatic carbocycles. The van der Waals surface area contributed by atoms with E-state index in [-0.39, 0.29) is 6.61 Å². The molecule has 0 unspecified atom stereocenters. The van der Waals surface area contributed by atoms with Gasteiger partial charge in [-0.1, -0.05) is 12.1 Å². The van der Waals surface area contributed by atoms with Gasteiger partial charge in [0.25, 0.3) is 0 Å². The van der Waals surface area contributed by atoms with E-state index in [1.54, 1.807) is 24.3 Å². The summed E-state index contributed by atoms with van der Waals surface area (Å²) in [7, 11) is 0. The molecule has 0 fully saturated rings. The van der Waals surface area contributed by atoms with E-state index in [1.165, 1.54) is 0 Å². The molecule has 3 aromatic rings. The smallest absolute Gasteiger partial charge is 0.412 e. The Hall–Kier alpha value is -3.02. The van der Waals surface area contributed by atoms with Gasteiger partial charge in [0.05, 0.1) is 0 Å². The summed E-state index contributed by atoms with van der Waals surface area (Å²) in [6, 6.07) is 14.3. The van der Waals surface area contributed by atoms with Gasteiger partial charge in [-0.2, -0.15) is 0 Å². The molecule has 3 rings (SSSR count). The third-order valence-corrected chi connectivity index (χ3v) is 3.06. The van der Waals surface area contributed by atoms with Gasteiger partial charge in [0, 0.05) is 6.54 Å². The van der Waals surface area contributed by atoms with Crippen molar-refractivity contribution in [1.82, 2.24) is 10.3 Å². The molecule has 118 valence electrons. The molecule has 0 saturated heterocycles. The van der Waals surface area contributed by atoms with E-state index in [9.17, 15) is 4.79 Å². The number of hydrogen-bond donors (Lipinski definition) is 1. The molecule has 1 aromatic heterocycles. The molecule has 0 radical (unpaired) electrons. The lowest BCUT2D eigenvalue weighted by molar-refractivity contribution is 0.201. The summed E-state index contributed by atoms with van der Waals surface area (Å²) in [4.78, 5) is 15.6. The Bertz CT molecular complexity index is 763. The van der Waals surface area contributed by atoms with E-state index in [4.69, 9.17) is 13.9 Å². The van der Waals surface area contributed by atoms with E-state index in [1.807, 2.05) is 31.2 Å². The lowest BCUT2D eigenvalue weighted by Crippen LogP contribution is -2.26. The first-order valence-corrected chi connectivity index (χ1v) is 7.27. The summed E-state index contributed by atoms with van der Waals surface area (Å²) in [5.41, 5.74) is 1.54. The van der Waals surface area contributed by atoms with Crippen molar-refractivity contribution in [3.63, 3.8) is 0 Å². The molecule has 1 N–H and O–H groups in total. The zero-order chi connectivity index (χ0) is 16.1. The molecule has 6 nitrogen and oxygen atoms in total. The number of para-hydroxylation sites is 2. The number of benzene rings is 2. The van der Waals surface area contributed by atoms with Crippen LogP contribution in [0.1, 0.15) is 12.8 Å². The number of carbonyl (C=O) groups excluding carboxylic acids is 1. The Morgan fingerprint density at radius 2 is 1.87 bits per heavy atom. The van der Waals surface area contributed by atoms with Crippen molar-refractivity contribution in [2.24, 2.45) is 0 Å². The second kappa shape index (κ2) is 6.83. The fraction of sp³-hybridized carbons (Fsp3) is 0.176. The van der Waals surface area contributed by atoms with Crippen molar-refractivity contribution in [2.45, 2.75) is 13.5 Å². The molecule has 23 heavy (non-hydrogen) atoms. The van der Waals surface area contributed by atoms with Gasteiger partial charge in [-0.25, -0.2) is 9.78 Å². The van der Waals surface area contributed by atoms with E-state index in [0.29, 0.717) is 23.9 Å². The number of amides is 1. The number of hydrogen-bond acceptors (Lipinski definition) is 5. The molecule has 1 heterocycles. The number of fused-ring (bicyclic) bond motifs is 1. The summed E-state index contributed by atoms with van der Waals surface area (Å²) >= 11 is 0. The minimum Gasteiger partial charge on any atom is -0.484 e. The fourth-order valence-electron chi connectivity index (χ4n) is 2.02. The van der Waals surface area contributed by atoms with Crippen LogP contribution in [0.15, 0.2) is 52.9 Å². The van der Waals surface area contributed by atoms with Crippen LogP contribution in [0.3, 0.4) is 0 Å². The molecular weight excluding hydrogens is 296 g/mol. The predicted molar refractivity (Wildman–Crippen MR) is 84.5 cm³/mol. The summed E-state index contributed by atoms with van der Waals surface area (Å²) in [6.07, 6.45) is -0.479. The van der Waals surface area contributed by atoms with Crippen LogP contribution in [-0.4, -0.2) is 17.6 Å². The van der Waals surface area contributed by atoms with Gasteiger partial charge in [-0.3, -0.25) is 0 Å². The number of carbonyl (C=O) groups is 1. The molecule has 0 aliphatic carbocycles. The molecule has 1 amide bonds. The average Bonchev–Trinajstić information content (AvgIpc) is 2.97. The number of ether oxygens (including phenoxy) is 2. The predicted octanol–water partition coefficient (Wildman–Crippen LogP) is 3.52. The normalized spacial score (nSPS) is 10.5. The number of nitrogens with zero attached hydrogens (tertiary/aromatic N) is 1. The molecule has 0 spiro atoms. The maximum atomic E-state index is 11.3. The largest absolute Gasteiger partial charge is 0.484 e. The summed E-state index contributed by atoms with van der Waals surface area (Å²) in [6.45, 7) is 2.57. The van der Waals surface area contributed by atoms with Gasteiger partial charge in [0.15, 0.2) is 12.2 Å². The van der Waals surface area contributed by atoms with Crippen LogP contribution in [0.4, 0.5) is 4.79 Å². The Balaban J connectivity index is 1.58. The van der Waals surface area contributed by atoms with Crippen molar-refractivity contribution in [2.75, 3.05) is 6.54 Å².